The molecule has 0 N–H and O–H groups in total. The fraction of sp³-hybridized carbons (Fsp3) is 0.153. The number of hydrogen-bond acceptors (Lipinski definition) is 2. The lowest BCUT2D eigenvalue weighted by Gasteiger charge is -2.20. The molecule has 2 nitrogen and oxygen atoms in total. The predicted octanol–water partition coefficient (Wildman–Crippen LogP) is 15.6. The van der Waals surface area contributed by atoms with Gasteiger partial charge >= 0.3 is 0 Å². The quantitative estimate of drug-likeness (QED) is 0.0499. The fourth-order valence-corrected chi connectivity index (χ4v) is 9.29. The number of carbonyl (C=O) groups excluding carboxylic acids is 2. The lowest BCUT2D eigenvalue weighted by Crippen LogP contribution is -2.21. The van der Waals surface area contributed by atoms with Crippen molar-refractivity contribution in [2.75, 3.05) is 0 Å². The van der Waals surface area contributed by atoms with E-state index in [1.165, 1.54) is 36.4 Å². The summed E-state index contributed by atoms with van der Waals surface area (Å²) in [5.74, 6) is 4.82. The smallest absolute Gasteiger partial charge is 0.195 e. The summed E-state index contributed by atoms with van der Waals surface area (Å²) >= 11 is 0. The average molecular weight is 949 g/mol. The molecule has 1 aliphatic rings. The second kappa shape index (κ2) is 17.9. The third-order valence-corrected chi connectivity index (χ3v) is 14.1. The normalized spacial score (nSPS) is 12.3. The molecular formula is C59H48F4O2Si3. The molecule has 0 spiro atoms. The van der Waals surface area contributed by atoms with Gasteiger partial charge in [-0.05, 0) is 115 Å². The minimum Gasteiger partial charge on any atom is -0.289 e. The monoisotopic (exact) mass is 948 g/mol. The summed E-state index contributed by atoms with van der Waals surface area (Å²) in [6, 6.07) is 32.8. The van der Waals surface area contributed by atoms with Gasteiger partial charge in [0.25, 0.3) is 0 Å². The number of halogens is 4. The fourth-order valence-electron chi connectivity index (χ4n) is 8.29. The van der Waals surface area contributed by atoms with Crippen molar-refractivity contribution in [3.05, 3.63) is 178 Å². The number of carbonyl (C=O) groups is 2. The molecule has 0 heterocycles. The Morgan fingerprint density at radius 2 is 0.662 bits per heavy atom. The third kappa shape index (κ3) is 9.55. The van der Waals surface area contributed by atoms with Crippen LogP contribution < -0.4 is 0 Å². The molecule has 0 unspecified atom stereocenters. The molecule has 0 aliphatic heterocycles. The average Bonchev–Trinajstić information content (AvgIpc) is 3.27. The van der Waals surface area contributed by atoms with Gasteiger partial charge < -0.3 is 0 Å². The first-order valence-corrected chi connectivity index (χ1v) is 32.8. The van der Waals surface area contributed by atoms with Crippen molar-refractivity contribution in [3.8, 4) is 34.9 Å². The highest BCUT2D eigenvalue weighted by Gasteiger charge is 2.33. The molecule has 9 aromatic carbocycles. The molecule has 9 aromatic rings. The van der Waals surface area contributed by atoms with E-state index in [-0.39, 0.29) is 45.5 Å². The first-order valence-electron chi connectivity index (χ1n) is 22.3. The van der Waals surface area contributed by atoms with E-state index in [0.29, 0.717) is 21.5 Å². The van der Waals surface area contributed by atoms with E-state index in [0.717, 1.165) is 54.2 Å². The molecule has 0 saturated carbocycles. The molecule has 1 aliphatic carbocycles. The second-order valence-electron chi connectivity index (χ2n) is 20.2. The summed E-state index contributed by atoms with van der Waals surface area (Å²) in [4.78, 5) is 26.3. The van der Waals surface area contributed by atoms with Crippen LogP contribution >= 0.6 is 0 Å². The van der Waals surface area contributed by atoms with Crippen molar-refractivity contribution in [1.82, 2.24) is 0 Å². The summed E-state index contributed by atoms with van der Waals surface area (Å²) < 4.78 is 56.6. The van der Waals surface area contributed by atoms with Gasteiger partial charge in [-0.3, -0.25) is 9.59 Å². The maximum Gasteiger partial charge on any atom is 0.195 e. The summed E-state index contributed by atoms with van der Waals surface area (Å²) in [6.45, 7) is 19.7. The van der Waals surface area contributed by atoms with Gasteiger partial charge in [-0.25, -0.2) is 17.6 Å². The number of benzene rings is 9. The van der Waals surface area contributed by atoms with E-state index in [9.17, 15) is 27.2 Å². The van der Waals surface area contributed by atoms with Gasteiger partial charge in [-0.2, -0.15) is 0 Å². The van der Waals surface area contributed by atoms with Crippen molar-refractivity contribution >= 4 is 100 Å². The van der Waals surface area contributed by atoms with Gasteiger partial charge in [0.05, 0.1) is 0 Å². The van der Waals surface area contributed by atoms with Crippen LogP contribution in [0.5, 0.6) is 0 Å². The van der Waals surface area contributed by atoms with Crippen LogP contribution in [0.2, 0.25) is 58.9 Å². The van der Waals surface area contributed by atoms with Crippen molar-refractivity contribution in [2.45, 2.75) is 58.9 Å². The zero-order valence-electron chi connectivity index (χ0n) is 39.5. The Morgan fingerprint density at radius 3 is 0.971 bits per heavy atom. The summed E-state index contributed by atoms with van der Waals surface area (Å²) in [7, 11) is -4.56. The van der Waals surface area contributed by atoms with E-state index in [1.807, 2.05) is 24.3 Å². The van der Waals surface area contributed by atoms with E-state index in [4.69, 9.17) is 6.42 Å². The highest BCUT2D eigenvalue weighted by Crippen LogP contribution is 2.41. The van der Waals surface area contributed by atoms with Crippen LogP contribution in [0.3, 0.4) is 0 Å². The van der Waals surface area contributed by atoms with Crippen LogP contribution in [0.25, 0.3) is 64.6 Å². The van der Waals surface area contributed by atoms with E-state index < -0.39 is 35.9 Å². The zero-order valence-corrected chi connectivity index (χ0v) is 42.5. The van der Waals surface area contributed by atoms with Crippen LogP contribution in [0.15, 0.2) is 121 Å². The molecule has 0 radical (unpaired) electrons. The Kier molecular flexibility index (Phi) is 12.5. The molecule has 0 atom stereocenters. The van der Waals surface area contributed by atoms with Crippen LogP contribution in [0, 0.1) is 58.2 Å². The van der Waals surface area contributed by atoms with Gasteiger partial charge in [0.1, 0.15) is 47.5 Å². The Balaban J connectivity index is 0.000000170. The Labute approximate surface area is 397 Å². The maximum atomic E-state index is 14.5. The molecule has 0 aromatic heterocycles. The molecule has 10 rings (SSSR count). The highest BCUT2D eigenvalue weighted by molar-refractivity contribution is 6.84. The molecule has 0 bridgehead atoms. The lowest BCUT2D eigenvalue weighted by molar-refractivity contribution is 0.0981. The van der Waals surface area contributed by atoms with E-state index >= 15 is 0 Å². The van der Waals surface area contributed by atoms with Crippen LogP contribution in [-0.4, -0.2) is 35.8 Å². The minimum atomic E-state index is -1.73. The van der Waals surface area contributed by atoms with Crippen LogP contribution in [0.1, 0.15) is 43.0 Å². The number of fused-ring (bicyclic) bond motifs is 12. The first kappa shape index (κ1) is 47.4. The zero-order chi connectivity index (χ0) is 49.0. The van der Waals surface area contributed by atoms with Gasteiger partial charge in [0.2, 0.25) is 0 Å². The van der Waals surface area contributed by atoms with E-state index in [2.05, 4.69) is 99.5 Å². The maximum absolute atomic E-state index is 14.5. The molecule has 0 amide bonds. The lowest BCUT2D eigenvalue weighted by atomic mass is 9.79. The summed E-state index contributed by atoms with van der Waals surface area (Å²) in [5, 5.41) is 9.44. The predicted molar refractivity (Wildman–Crippen MR) is 284 cm³/mol. The van der Waals surface area contributed by atoms with Crippen molar-refractivity contribution in [1.29, 1.82) is 0 Å². The third-order valence-electron chi connectivity index (χ3n) is 11.5. The van der Waals surface area contributed by atoms with Gasteiger partial charge in [0, 0.05) is 44.2 Å². The Bertz CT molecular complexity index is 3570. The van der Waals surface area contributed by atoms with Crippen molar-refractivity contribution in [3.63, 3.8) is 0 Å². The molecular weight excluding hydrogens is 901 g/mol. The Morgan fingerprint density at radius 1 is 0.382 bits per heavy atom. The van der Waals surface area contributed by atoms with Gasteiger partial charge in [-0.15, -0.1) is 23.1 Å². The molecule has 0 fully saturated rings. The van der Waals surface area contributed by atoms with Gasteiger partial charge in [-0.1, -0.05) is 131 Å². The minimum absolute atomic E-state index is 0.204. The number of hydrogen-bond donors (Lipinski definition) is 0. The largest absolute Gasteiger partial charge is 0.289 e. The van der Waals surface area contributed by atoms with Crippen molar-refractivity contribution in [2.24, 2.45) is 0 Å². The number of terminal acetylenes is 1. The summed E-state index contributed by atoms with van der Waals surface area (Å²) in [5.41, 5.74) is 12.4. The van der Waals surface area contributed by atoms with Crippen LogP contribution in [0.4, 0.5) is 17.6 Å². The SMILES string of the molecule is C#C[Si](C)(C)C.C[Si](C)(C)C#Cc1c2ccc3ccc(F)cc3c2c(C#C[Si](C)(C)C)c2ccc3ccc(F)cc3c12.O=C1c2ccc3ccc(F)cc3c2C(=O)c2ccc3ccc(F)cc3c21. The topological polar surface area (TPSA) is 34.1 Å². The molecule has 9 heteroatoms. The highest BCUT2D eigenvalue weighted by atomic mass is 28.3. The number of ketones is 2. The molecule has 336 valence electrons. The summed E-state index contributed by atoms with van der Waals surface area (Å²) in [6.07, 6.45) is 5.12. The first-order chi connectivity index (χ1) is 32.0. The molecule has 0 saturated heterocycles. The van der Waals surface area contributed by atoms with Crippen LogP contribution in [-0.2, 0) is 0 Å². The second-order valence-corrected chi connectivity index (χ2v) is 34.5. The number of rotatable bonds is 0. The van der Waals surface area contributed by atoms with E-state index in [1.54, 1.807) is 48.5 Å². The standard InChI is InChI=1S/C32H28F2Si2.C22H10F2O2.C5H10Si/c1-35(2,3)17-15-27-25-13-9-22-8-12-24(34)20-30(22)32(25)28(16-18-36(4,5)6)26-14-10-21-7-11-23(33)19-29(21)31(26)27;23-13-5-1-11-3-7-15-19(17(11)9-13)21(25)16-8-4-12-2-6-14(24)10-18(12)20(16)22(15)26;1-5-6(2,3)4/h7-14,19-20H,1-6H3;1-10H;1H,2-4H3. The Hall–Kier alpha value is -7.07. The van der Waals surface area contributed by atoms with Crippen molar-refractivity contribution < 1.29 is 27.2 Å². The van der Waals surface area contributed by atoms with Gasteiger partial charge in [0.15, 0.2) is 11.6 Å². The molecule has 68 heavy (non-hydrogen) atoms.